The summed E-state index contributed by atoms with van der Waals surface area (Å²) in [6, 6.07) is 7.93. The van der Waals surface area contributed by atoms with Crippen LogP contribution >= 0.6 is 0 Å². The van der Waals surface area contributed by atoms with Gasteiger partial charge in [0, 0.05) is 38.8 Å². The van der Waals surface area contributed by atoms with Gasteiger partial charge in [-0.25, -0.2) is 4.79 Å². The molecule has 0 fully saturated rings. The van der Waals surface area contributed by atoms with Gasteiger partial charge < -0.3 is 19.6 Å². The van der Waals surface area contributed by atoms with Gasteiger partial charge in [-0.2, -0.15) is 4.98 Å². The quantitative estimate of drug-likeness (QED) is 0.927. The molecule has 2 amide bonds. The molecule has 7 heteroatoms. The van der Waals surface area contributed by atoms with E-state index in [0.717, 1.165) is 12.1 Å². The minimum Gasteiger partial charge on any atom is -0.372 e. The molecule has 1 aromatic carbocycles. The maximum atomic E-state index is 12.9. The molecule has 0 saturated heterocycles. The normalized spacial score (nSPS) is 18.5. The van der Waals surface area contributed by atoms with Gasteiger partial charge in [-0.15, -0.1) is 0 Å². The first-order valence-electron chi connectivity index (χ1n) is 8.66. The number of amides is 2. The molecule has 134 valence electrons. The zero-order valence-electron chi connectivity index (χ0n) is 15.2. The molecule has 2 heterocycles. The second kappa shape index (κ2) is 7.13. The lowest BCUT2D eigenvalue weighted by molar-refractivity contribution is 0.173. The molecule has 0 aliphatic carbocycles. The molecule has 2 aromatic rings. The Labute approximate surface area is 148 Å². The molecule has 0 saturated carbocycles. The van der Waals surface area contributed by atoms with Crippen LogP contribution in [0.3, 0.4) is 0 Å². The zero-order chi connectivity index (χ0) is 18.0. The van der Waals surface area contributed by atoms with Crippen LogP contribution < -0.4 is 10.2 Å². The van der Waals surface area contributed by atoms with Crippen molar-refractivity contribution in [3.05, 3.63) is 41.5 Å². The molecule has 1 aliphatic heterocycles. The maximum Gasteiger partial charge on any atom is 0.318 e. The molecule has 2 atom stereocenters. The van der Waals surface area contributed by atoms with E-state index in [1.54, 1.807) is 6.92 Å². The van der Waals surface area contributed by atoms with Gasteiger partial charge in [0.1, 0.15) is 0 Å². The van der Waals surface area contributed by atoms with Gasteiger partial charge in [-0.1, -0.05) is 30.3 Å². The van der Waals surface area contributed by atoms with E-state index >= 15 is 0 Å². The topological polar surface area (TPSA) is 74.5 Å². The Morgan fingerprint density at radius 1 is 1.44 bits per heavy atom. The summed E-state index contributed by atoms with van der Waals surface area (Å²) in [6.45, 7) is 7.17. The van der Waals surface area contributed by atoms with Crippen molar-refractivity contribution < 1.29 is 9.32 Å². The number of nitrogens with zero attached hydrogens (tertiary/aromatic N) is 4. The fourth-order valence-corrected chi connectivity index (χ4v) is 3.26. The summed E-state index contributed by atoms with van der Waals surface area (Å²) >= 11 is 0. The molecule has 7 nitrogen and oxygen atoms in total. The van der Waals surface area contributed by atoms with Gasteiger partial charge in [0.25, 0.3) is 0 Å². The van der Waals surface area contributed by atoms with E-state index in [2.05, 4.69) is 46.5 Å². The standard InChI is InChI=1S/C18H25N5O2/c1-5-15(17-19-13(3)25-21-17)20-18(24)23-11-14-8-6-7-9-16(14)22(4)10-12(23)2/h6-9,12,15H,5,10-11H2,1-4H3,(H,20,24)/t12-,15+/m1/s1. The predicted molar refractivity (Wildman–Crippen MR) is 95.3 cm³/mol. The average molecular weight is 343 g/mol. The van der Waals surface area contributed by atoms with Crippen molar-refractivity contribution in [1.29, 1.82) is 0 Å². The molecule has 1 aliphatic rings. The van der Waals surface area contributed by atoms with Gasteiger partial charge in [0.2, 0.25) is 5.89 Å². The van der Waals surface area contributed by atoms with Crippen LogP contribution in [0.5, 0.6) is 0 Å². The fourth-order valence-electron chi connectivity index (χ4n) is 3.26. The van der Waals surface area contributed by atoms with Gasteiger partial charge in [0.05, 0.1) is 6.04 Å². The van der Waals surface area contributed by atoms with Crippen LogP contribution in [0.15, 0.2) is 28.8 Å². The van der Waals surface area contributed by atoms with Crippen LogP contribution in [0.2, 0.25) is 0 Å². The number of aromatic nitrogens is 2. The first-order valence-corrected chi connectivity index (χ1v) is 8.66. The number of benzene rings is 1. The van der Waals surface area contributed by atoms with Crippen LogP contribution in [0.1, 0.15) is 43.6 Å². The average Bonchev–Trinajstić information content (AvgIpc) is 2.98. The first-order chi connectivity index (χ1) is 12.0. The summed E-state index contributed by atoms with van der Waals surface area (Å²) in [5.41, 5.74) is 2.32. The lowest BCUT2D eigenvalue weighted by Crippen LogP contribution is -2.47. The number of hydrogen-bond donors (Lipinski definition) is 1. The Balaban J connectivity index is 1.79. The van der Waals surface area contributed by atoms with Crippen LogP contribution in [-0.4, -0.2) is 40.7 Å². The minimum atomic E-state index is -0.256. The van der Waals surface area contributed by atoms with E-state index in [9.17, 15) is 4.79 Å². The van der Waals surface area contributed by atoms with Crippen molar-refractivity contribution >= 4 is 11.7 Å². The highest BCUT2D eigenvalue weighted by atomic mass is 16.5. The number of fused-ring (bicyclic) bond motifs is 1. The SMILES string of the molecule is CC[C@H](NC(=O)N1Cc2ccccc2N(C)C[C@H]1C)c1noc(C)n1. The van der Waals surface area contributed by atoms with Gasteiger partial charge in [0.15, 0.2) is 5.82 Å². The molecule has 25 heavy (non-hydrogen) atoms. The van der Waals surface area contributed by atoms with Crippen molar-refractivity contribution in [3.8, 4) is 0 Å². The summed E-state index contributed by atoms with van der Waals surface area (Å²) in [7, 11) is 2.06. The predicted octanol–water partition coefficient (Wildman–Crippen LogP) is 2.88. The summed E-state index contributed by atoms with van der Waals surface area (Å²) in [5.74, 6) is 1.02. The molecule has 0 radical (unpaired) electrons. The smallest absolute Gasteiger partial charge is 0.318 e. The van der Waals surface area contributed by atoms with Crippen LogP contribution in [-0.2, 0) is 6.54 Å². The van der Waals surface area contributed by atoms with Crippen molar-refractivity contribution in [2.75, 3.05) is 18.5 Å². The van der Waals surface area contributed by atoms with E-state index in [1.165, 1.54) is 5.69 Å². The third-order valence-electron chi connectivity index (χ3n) is 4.64. The highest BCUT2D eigenvalue weighted by Crippen LogP contribution is 2.26. The molecular weight excluding hydrogens is 318 g/mol. The molecule has 1 N–H and O–H groups in total. The monoisotopic (exact) mass is 343 g/mol. The number of urea groups is 1. The third-order valence-corrected chi connectivity index (χ3v) is 4.64. The number of hydrogen-bond acceptors (Lipinski definition) is 5. The minimum absolute atomic E-state index is 0.0851. The van der Waals surface area contributed by atoms with E-state index in [0.29, 0.717) is 24.7 Å². The maximum absolute atomic E-state index is 12.9. The summed E-state index contributed by atoms with van der Waals surface area (Å²) in [6.07, 6.45) is 0.698. The fraction of sp³-hybridized carbons (Fsp3) is 0.500. The van der Waals surface area contributed by atoms with Crippen molar-refractivity contribution in [1.82, 2.24) is 20.4 Å². The number of carbonyl (C=O) groups is 1. The van der Waals surface area contributed by atoms with Crippen LogP contribution in [0.25, 0.3) is 0 Å². The molecule has 0 unspecified atom stereocenters. The van der Waals surface area contributed by atoms with Crippen LogP contribution in [0, 0.1) is 6.92 Å². The summed E-state index contributed by atoms with van der Waals surface area (Å²) < 4.78 is 5.04. The Morgan fingerprint density at radius 3 is 2.88 bits per heavy atom. The van der Waals surface area contributed by atoms with Gasteiger partial charge in [-0.05, 0) is 25.0 Å². The van der Waals surface area contributed by atoms with Crippen molar-refractivity contribution in [2.24, 2.45) is 0 Å². The summed E-state index contributed by atoms with van der Waals surface area (Å²) in [4.78, 5) is 21.3. The van der Waals surface area contributed by atoms with Crippen molar-refractivity contribution in [2.45, 2.75) is 45.8 Å². The number of likely N-dealkylation sites (N-methyl/N-ethyl adjacent to an activating group) is 1. The lowest BCUT2D eigenvalue weighted by Gasteiger charge is -2.30. The van der Waals surface area contributed by atoms with Crippen molar-refractivity contribution in [3.63, 3.8) is 0 Å². The van der Waals surface area contributed by atoms with E-state index in [4.69, 9.17) is 4.52 Å². The second-order valence-corrected chi connectivity index (χ2v) is 6.57. The Bertz CT molecular complexity index is 745. The number of aryl methyl sites for hydroxylation is 1. The Morgan fingerprint density at radius 2 is 2.20 bits per heavy atom. The molecule has 0 bridgehead atoms. The Hall–Kier alpha value is -2.57. The molecule has 0 spiro atoms. The number of rotatable bonds is 3. The van der Waals surface area contributed by atoms with E-state index < -0.39 is 0 Å². The van der Waals surface area contributed by atoms with E-state index in [-0.39, 0.29) is 18.1 Å². The Kier molecular flexibility index (Phi) is 4.92. The number of nitrogens with one attached hydrogen (secondary N) is 1. The number of para-hydroxylation sites is 1. The highest BCUT2D eigenvalue weighted by molar-refractivity contribution is 5.76. The zero-order valence-corrected chi connectivity index (χ0v) is 15.2. The molecule has 3 rings (SSSR count). The largest absolute Gasteiger partial charge is 0.372 e. The summed E-state index contributed by atoms with van der Waals surface area (Å²) in [5, 5.41) is 7.00. The van der Waals surface area contributed by atoms with E-state index in [1.807, 2.05) is 24.0 Å². The first kappa shape index (κ1) is 17.3. The second-order valence-electron chi connectivity index (χ2n) is 6.57. The molecule has 1 aromatic heterocycles. The van der Waals surface area contributed by atoms with Gasteiger partial charge in [-0.3, -0.25) is 0 Å². The third kappa shape index (κ3) is 3.60. The number of carbonyl (C=O) groups excluding carboxylic acids is 1. The number of anilines is 1. The highest BCUT2D eigenvalue weighted by Gasteiger charge is 2.29. The molecular formula is C18H25N5O2. The van der Waals surface area contributed by atoms with Gasteiger partial charge >= 0.3 is 6.03 Å². The van der Waals surface area contributed by atoms with Crippen LogP contribution in [0.4, 0.5) is 10.5 Å². The lowest BCUT2D eigenvalue weighted by atomic mass is 10.1.